The molecule has 0 spiro atoms. The van der Waals surface area contributed by atoms with Gasteiger partial charge in [0.05, 0.1) is 12.2 Å². The van der Waals surface area contributed by atoms with Crippen LogP contribution in [-0.2, 0) is 12.8 Å². The highest BCUT2D eigenvalue weighted by atomic mass is 35.5. The Labute approximate surface area is 186 Å². The van der Waals surface area contributed by atoms with Gasteiger partial charge >= 0.3 is 6.18 Å². The van der Waals surface area contributed by atoms with Crippen LogP contribution in [0.5, 0.6) is 0 Å². The monoisotopic (exact) mass is 464 g/mol. The zero-order valence-corrected chi connectivity index (χ0v) is 17.4. The second kappa shape index (κ2) is 9.47. The zero-order valence-electron chi connectivity index (χ0n) is 15.9. The van der Waals surface area contributed by atoms with Crippen LogP contribution < -0.4 is 15.0 Å². The number of rotatable bonds is 5. The summed E-state index contributed by atoms with van der Waals surface area (Å²) in [6, 6.07) is 13.9. The summed E-state index contributed by atoms with van der Waals surface area (Å²) >= 11 is 11.3. The normalized spacial score (nSPS) is 12.3. The van der Waals surface area contributed by atoms with Crippen LogP contribution in [0.1, 0.15) is 16.7 Å². The van der Waals surface area contributed by atoms with E-state index < -0.39 is 17.5 Å². The Morgan fingerprint density at radius 2 is 1.81 bits per heavy atom. The molecule has 0 atom stereocenters. The fraction of sp³-hybridized carbons (Fsp3) is 0.0909. The first-order valence-corrected chi connectivity index (χ1v) is 9.75. The number of alkyl halides is 3. The number of halogens is 4. The maximum absolute atomic E-state index is 13.2. The van der Waals surface area contributed by atoms with Gasteiger partial charge in [0.25, 0.3) is 0 Å². The molecule has 1 aromatic heterocycles. The predicted molar refractivity (Wildman–Crippen MR) is 115 cm³/mol. The van der Waals surface area contributed by atoms with E-state index in [-0.39, 0.29) is 28.5 Å². The highest BCUT2D eigenvalue weighted by Gasteiger charge is 2.30. The van der Waals surface area contributed by atoms with Crippen LogP contribution in [0, 0.1) is 0 Å². The molecule has 160 valence electrons. The van der Waals surface area contributed by atoms with Gasteiger partial charge in [0.2, 0.25) is 5.70 Å². The highest BCUT2D eigenvalue weighted by molar-refractivity contribution is 7.81. The summed E-state index contributed by atoms with van der Waals surface area (Å²) in [4.78, 5) is -0.0839. The first kappa shape index (κ1) is 22.7. The second-order valence-electron chi connectivity index (χ2n) is 6.49. The number of aliphatic hydroxyl groups is 1. The van der Waals surface area contributed by atoms with Crippen molar-refractivity contribution in [1.82, 2.24) is 0 Å². The van der Waals surface area contributed by atoms with Gasteiger partial charge in [-0.3, -0.25) is 0 Å². The third-order valence-corrected chi connectivity index (χ3v) is 4.83. The molecule has 0 fully saturated rings. The fourth-order valence-electron chi connectivity index (χ4n) is 2.80. The van der Waals surface area contributed by atoms with Crippen LogP contribution in [0.25, 0.3) is 11.5 Å². The molecular weight excluding hydrogens is 449 g/mol. The molecule has 3 aromatic rings. The van der Waals surface area contributed by atoms with Gasteiger partial charge in [-0.25, -0.2) is 0 Å². The van der Waals surface area contributed by atoms with Crippen LogP contribution in [0.15, 0.2) is 73.1 Å². The Hall–Kier alpha value is -2.94. The highest BCUT2D eigenvalue weighted by Crippen LogP contribution is 2.31. The lowest BCUT2D eigenvalue weighted by molar-refractivity contribution is -0.578. The van der Waals surface area contributed by atoms with E-state index in [9.17, 15) is 23.4 Å². The van der Waals surface area contributed by atoms with Gasteiger partial charge in [0.1, 0.15) is 0 Å². The van der Waals surface area contributed by atoms with Crippen molar-refractivity contribution in [3.05, 3.63) is 94.8 Å². The predicted octanol–water partition coefficient (Wildman–Crippen LogP) is 4.26. The van der Waals surface area contributed by atoms with Crippen molar-refractivity contribution in [2.75, 3.05) is 5.32 Å². The van der Waals surface area contributed by atoms with Gasteiger partial charge in [-0.05, 0) is 47.7 Å². The molecular formula is C22H16ClF3N2O2S. The number of hydrogen-bond donors (Lipinski definition) is 2. The summed E-state index contributed by atoms with van der Waals surface area (Å²) in [7, 11) is 0. The van der Waals surface area contributed by atoms with E-state index in [2.05, 4.69) is 5.32 Å². The molecule has 4 nitrogen and oxygen atoms in total. The van der Waals surface area contributed by atoms with E-state index in [4.69, 9.17) is 23.8 Å². The lowest BCUT2D eigenvalue weighted by Gasteiger charge is -2.17. The summed E-state index contributed by atoms with van der Waals surface area (Å²) in [5, 5.41) is 25.8. The lowest BCUT2D eigenvalue weighted by atomic mass is 10.1. The number of thiocarbonyl (C=S) groups is 1. The van der Waals surface area contributed by atoms with E-state index in [1.165, 1.54) is 35.0 Å². The minimum absolute atomic E-state index is 0.00466. The molecule has 31 heavy (non-hydrogen) atoms. The van der Waals surface area contributed by atoms with Crippen LogP contribution in [-0.4, -0.2) is 10.1 Å². The summed E-state index contributed by atoms with van der Waals surface area (Å²) in [6.07, 6.45) is -1.44. The standard InChI is InChI=1S/C22H16ClF3N2O2S/c23-17-8-6-15(7-9-17)20(30)19(28-10-2-3-14(12-28)13-29)21(31)27-18-5-1-4-16(11-18)22(24,25)26/h1-12,29H,13H2,(H-,27,30,31). The average Bonchev–Trinajstić information content (AvgIpc) is 2.74. The fourth-order valence-corrected chi connectivity index (χ4v) is 3.24. The van der Waals surface area contributed by atoms with Crippen molar-refractivity contribution in [3.63, 3.8) is 0 Å². The molecule has 9 heteroatoms. The average molecular weight is 465 g/mol. The molecule has 0 amide bonds. The molecule has 0 unspecified atom stereocenters. The second-order valence-corrected chi connectivity index (χ2v) is 7.34. The smallest absolute Gasteiger partial charge is 0.416 e. The number of aliphatic hydroxyl groups excluding tert-OH is 1. The SMILES string of the molecule is [O-]/C(=C(\C(=S)Nc1cccc(C(F)(F)F)c1)[n+]1cccc(CO)c1)c1ccc(Cl)cc1. The third-order valence-electron chi connectivity index (χ3n) is 4.29. The number of hydrogen-bond acceptors (Lipinski definition) is 3. The lowest BCUT2D eigenvalue weighted by Crippen LogP contribution is -2.40. The van der Waals surface area contributed by atoms with Gasteiger partial charge in [-0.15, -0.1) is 0 Å². The van der Waals surface area contributed by atoms with Gasteiger partial charge in [0.15, 0.2) is 17.4 Å². The van der Waals surface area contributed by atoms with Crippen LogP contribution in [0.3, 0.4) is 0 Å². The first-order valence-electron chi connectivity index (χ1n) is 8.96. The molecule has 2 N–H and O–H groups in total. The van der Waals surface area contributed by atoms with Gasteiger partial charge in [0, 0.05) is 22.3 Å². The Balaban J connectivity index is 2.07. The molecule has 0 bridgehead atoms. The number of pyridine rings is 1. The zero-order chi connectivity index (χ0) is 22.6. The molecule has 0 aliphatic heterocycles. The number of benzene rings is 2. The van der Waals surface area contributed by atoms with Crippen molar-refractivity contribution in [2.24, 2.45) is 0 Å². The Morgan fingerprint density at radius 1 is 1.10 bits per heavy atom. The molecule has 2 aromatic carbocycles. The number of nitrogens with one attached hydrogen (secondary N) is 1. The maximum Gasteiger partial charge on any atom is 0.416 e. The van der Waals surface area contributed by atoms with Crippen molar-refractivity contribution >= 4 is 46.0 Å². The van der Waals surface area contributed by atoms with Crippen LogP contribution in [0.2, 0.25) is 5.02 Å². The topological polar surface area (TPSA) is 59.2 Å². The quantitative estimate of drug-likeness (QED) is 0.256. The largest absolute Gasteiger partial charge is 0.867 e. The first-order chi connectivity index (χ1) is 14.7. The van der Waals surface area contributed by atoms with Gasteiger partial charge < -0.3 is 15.5 Å². The van der Waals surface area contributed by atoms with E-state index in [0.29, 0.717) is 10.6 Å². The Kier molecular flexibility index (Phi) is 6.94. The molecule has 0 saturated carbocycles. The molecule has 0 aliphatic carbocycles. The summed E-state index contributed by atoms with van der Waals surface area (Å²) in [5.41, 5.74) is 0.0475. The summed E-state index contributed by atoms with van der Waals surface area (Å²) < 4.78 is 40.5. The van der Waals surface area contributed by atoms with Crippen molar-refractivity contribution < 1.29 is 28.0 Å². The van der Waals surface area contributed by atoms with Gasteiger partial charge in [-0.2, -0.15) is 17.7 Å². The molecule has 0 aliphatic rings. The van der Waals surface area contributed by atoms with Crippen molar-refractivity contribution in [3.8, 4) is 0 Å². The maximum atomic E-state index is 13.2. The Bertz CT molecular complexity index is 1130. The minimum Gasteiger partial charge on any atom is -0.867 e. The number of anilines is 1. The molecule has 0 radical (unpaired) electrons. The molecule has 3 rings (SSSR count). The summed E-state index contributed by atoms with van der Waals surface area (Å²) in [5.74, 6) is -0.471. The van der Waals surface area contributed by atoms with Gasteiger partial charge in [-0.1, -0.05) is 42.0 Å². The van der Waals surface area contributed by atoms with Crippen molar-refractivity contribution in [2.45, 2.75) is 12.8 Å². The summed E-state index contributed by atoms with van der Waals surface area (Å²) in [6.45, 7) is -0.267. The van der Waals surface area contributed by atoms with E-state index in [1.807, 2.05) is 0 Å². The van der Waals surface area contributed by atoms with E-state index in [1.54, 1.807) is 30.5 Å². The van der Waals surface area contributed by atoms with Crippen LogP contribution in [0.4, 0.5) is 18.9 Å². The Morgan fingerprint density at radius 3 is 2.45 bits per heavy atom. The minimum atomic E-state index is -4.52. The number of aromatic nitrogens is 1. The third kappa shape index (κ3) is 5.61. The molecule has 1 heterocycles. The number of nitrogens with zero attached hydrogens (tertiary/aromatic N) is 1. The van der Waals surface area contributed by atoms with Crippen molar-refractivity contribution in [1.29, 1.82) is 0 Å². The van der Waals surface area contributed by atoms with E-state index >= 15 is 0 Å². The molecule has 0 saturated heterocycles. The van der Waals surface area contributed by atoms with E-state index in [0.717, 1.165) is 12.1 Å². The van der Waals surface area contributed by atoms with Crippen LogP contribution >= 0.6 is 23.8 Å².